The number of ether oxygens (including phenoxy) is 1. The molecular formula is C20H16N2O5. The number of para-hydroxylation sites is 3. The maximum Gasteiger partial charge on any atom is 0.420 e. The van der Waals surface area contributed by atoms with E-state index in [1.807, 2.05) is 24.3 Å². The highest BCUT2D eigenvalue weighted by Crippen LogP contribution is 2.20. The number of Topliss-reactive ketones (excluding diaryl/α,β-unsaturated/α-hetero) is 1. The Labute approximate surface area is 153 Å². The van der Waals surface area contributed by atoms with E-state index in [4.69, 9.17) is 9.15 Å². The summed E-state index contributed by atoms with van der Waals surface area (Å²) in [6.45, 7) is 1.18. The Morgan fingerprint density at radius 3 is 2.74 bits per heavy atom. The zero-order valence-electron chi connectivity index (χ0n) is 14.5. The van der Waals surface area contributed by atoms with Gasteiger partial charge in [-0.25, -0.2) is 4.79 Å². The zero-order valence-corrected chi connectivity index (χ0v) is 14.5. The van der Waals surface area contributed by atoms with Gasteiger partial charge < -0.3 is 14.1 Å². The van der Waals surface area contributed by atoms with Crippen LogP contribution < -0.4 is 5.76 Å². The molecule has 0 unspecified atom stereocenters. The molecule has 2 aromatic heterocycles. The number of esters is 1. The van der Waals surface area contributed by atoms with E-state index < -0.39 is 17.8 Å². The molecule has 0 spiro atoms. The number of hydrogen-bond acceptors (Lipinski definition) is 5. The lowest BCUT2D eigenvalue weighted by molar-refractivity contribution is -0.147. The van der Waals surface area contributed by atoms with E-state index in [-0.39, 0.29) is 12.3 Å². The topological polar surface area (TPSA) is 94.3 Å². The van der Waals surface area contributed by atoms with Crippen molar-refractivity contribution in [1.29, 1.82) is 0 Å². The smallest absolute Gasteiger partial charge is 0.420 e. The second-order valence-electron chi connectivity index (χ2n) is 6.17. The van der Waals surface area contributed by atoms with Gasteiger partial charge in [0.2, 0.25) is 5.78 Å². The molecule has 0 bridgehead atoms. The minimum Gasteiger partial charge on any atom is -0.453 e. The Morgan fingerprint density at radius 2 is 1.89 bits per heavy atom. The van der Waals surface area contributed by atoms with E-state index >= 15 is 0 Å². The summed E-state index contributed by atoms with van der Waals surface area (Å²) in [4.78, 5) is 39.9. The quantitative estimate of drug-likeness (QED) is 0.434. The van der Waals surface area contributed by atoms with Gasteiger partial charge in [-0.1, -0.05) is 30.3 Å². The molecule has 1 atom stereocenters. The molecule has 136 valence electrons. The standard InChI is InChI=1S/C20H16N2O5/c1-12(19(24)14-10-21-15-7-3-2-6-13(14)15)26-18(23)11-22-16-8-4-5-9-17(16)27-20(22)25/h2-10,12,21H,11H2,1H3/t12-/m0/s1. The van der Waals surface area contributed by atoms with Crippen LogP contribution in [0.1, 0.15) is 17.3 Å². The van der Waals surface area contributed by atoms with Crippen molar-refractivity contribution in [2.45, 2.75) is 19.6 Å². The third-order valence-electron chi connectivity index (χ3n) is 4.39. The first-order chi connectivity index (χ1) is 13.0. The lowest BCUT2D eigenvalue weighted by Gasteiger charge is -2.12. The van der Waals surface area contributed by atoms with Gasteiger partial charge in [-0.15, -0.1) is 0 Å². The Hall–Kier alpha value is -3.61. The van der Waals surface area contributed by atoms with E-state index in [1.54, 1.807) is 30.5 Å². The number of aromatic amines is 1. The van der Waals surface area contributed by atoms with Crippen LogP contribution in [0, 0.1) is 0 Å². The zero-order chi connectivity index (χ0) is 19.0. The largest absolute Gasteiger partial charge is 0.453 e. The molecule has 2 heterocycles. The van der Waals surface area contributed by atoms with Gasteiger partial charge in [0.1, 0.15) is 6.54 Å². The van der Waals surface area contributed by atoms with Crippen molar-refractivity contribution in [2.75, 3.05) is 0 Å². The van der Waals surface area contributed by atoms with E-state index in [9.17, 15) is 14.4 Å². The second-order valence-corrected chi connectivity index (χ2v) is 6.17. The molecule has 2 aromatic carbocycles. The number of benzene rings is 2. The third kappa shape index (κ3) is 3.03. The summed E-state index contributed by atoms with van der Waals surface area (Å²) < 4.78 is 11.5. The molecule has 0 aliphatic carbocycles. The van der Waals surface area contributed by atoms with E-state index in [1.165, 1.54) is 11.5 Å². The Kier molecular flexibility index (Phi) is 4.12. The maximum atomic E-state index is 12.7. The van der Waals surface area contributed by atoms with Crippen LogP contribution in [0.3, 0.4) is 0 Å². The van der Waals surface area contributed by atoms with Gasteiger partial charge in [0.15, 0.2) is 11.7 Å². The van der Waals surface area contributed by atoms with Gasteiger partial charge in [0.05, 0.1) is 5.52 Å². The average molecular weight is 364 g/mol. The van der Waals surface area contributed by atoms with Crippen LogP contribution in [-0.2, 0) is 16.1 Å². The van der Waals surface area contributed by atoms with Crippen LogP contribution in [-0.4, -0.2) is 27.4 Å². The molecule has 27 heavy (non-hydrogen) atoms. The van der Waals surface area contributed by atoms with Crippen LogP contribution in [0.25, 0.3) is 22.0 Å². The summed E-state index contributed by atoms with van der Waals surface area (Å²) in [5.41, 5.74) is 2.17. The lowest BCUT2D eigenvalue weighted by atomic mass is 10.1. The summed E-state index contributed by atoms with van der Waals surface area (Å²) in [7, 11) is 0. The molecular weight excluding hydrogens is 348 g/mol. The first-order valence-corrected chi connectivity index (χ1v) is 8.43. The number of nitrogens with zero attached hydrogens (tertiary/aromatic N) is 1. The predicted molar refractivity (Wildman–Crippen MR) is 98.7 cm³/mol. The van der Waals surface area contributed by atoms with Gasteiger partial charge >= 0.3 is 11.7 Å². The molecule has 7 heteroatoms. The number of H-pyrrole nitrogens is 1. The third-order valence-corrected chi connectivity index (χ3v) is 4.39. The van der Waals surface area contributed by atoms with E-state index in [0.29, 0.717) is 16.7 Å². The van der Waals surface area contributed by atoms with Gasteiger partial charge in [0, 0.05) is 22.7 Å². The fourth-order valence-corrected chi connectivity index (χ4v) is 3.08. The molecule has 0 aliphatic heterocycles. The minimum absolute atomic E-state index is 0.315. The van der Waals surface area contributed by atoms with Crippen LogP contribution >= 0.6 is 0 Å². The molecule has 7 nitrogen and oxygen atoms in total. The number of aromatic nitrogens is 2. The molecule has 0 aliphatic rings. The molecule has 1 N–H and O–H groups in total. The summed E-state index contributed by atoms with van der Waals surface area (Å²) in [5, 5.41) is 0.766. The van der Waals surface area contributed by atoms with Gasteiger partial charge in [0.25, 0.3) is 0 Å². The molecule has 4 aromatic rings. The number of carbonyl (C=O) groups excluding carboxylic acids is 2. The van der Waals surface area contributed by atoms with Crippen molar-refractivity contribution >= 4 is 33.8 Å². The Bertz CT molecular complexity index is 1210. The summed E-state index contributed by atoms with van der Waals surface area (Å²) in [6.07, 6.45) is 0.622. The second kappa shape index (κ2) is 6.60. The van der Waals surface area contributed by atoms with Crippen LogP contribution in [0.5, 0.6) is 0 Å². The first kappa shape index (κ1) is 16.8. The van der Waals surface area contributed by atoms with Crippen LogP contribution in [0.15, 0.2) is 63.9 Å². The first-order valence-electron chi connectivity index (χ1n) is 8.43. The maximum absolute atomic E-state index is 12.7. The summed E-state index contributed by atoms with van der Waals surface area (Å²) >= 11 is 0. The minimum atomic E-state index is -0.981. The van der Waals surface area contributed by atoms with Crippen molar-refractivity contribution in [2.24, 2.45) is 0 Å². The molecule has 0 radical (unpaired) electrons. The highest BCUT2D eigenvalue weighted by molar-refractivity contribution is 6.10. The van der Waals surface area contributed by atoms with Crippen molar-refractivity contribution < 1.29 is 18.7 Å². The average Bonchev–Trinajstić information content (AvgIpc) is 3.22. The van der Waals surface area contributed by atoms with Crippen LogP contribution in [0.2, 0.25) is 0 Å². The number of carbonyl (C=O) groups is 2. The van der Waals surface area contributed by atoms with Gasteiger partial charge in [-0.2, -0.15) is 0 Å². The van der Waals surface area contributed by atoms with Gasteiger partial charge in [-0.3, -0.25) is 14.2 Å². The molecule has 0 fully saturated rings. The summed E-state index contributed by atoms with van der Waals surface area (Å²) in [6, 6.07) is 14.2. The molecule has 0 amide bonds. The number of oxazole rings is 1. The van der Waals surface area contributed by atoms with Crippen molar-refractivity contribution in [3.05, 3.63) is 70.8 Å². The van der Waals surface area contributed by atoms with E-state index in [2.05, 4.69) is 4.98 Å². The lowest BCUT2D eigenvalue weighted by Crippen LogP contribution is -2.28. The molecule has 0 saturated carbocycles. The number of rotatable bonds is 5. The fourth-order valence-electron chi connectivity index (χ4n) is 3.08. The summed E-state index contributed by atoms with van der Waals surface area (Å²) in [5.74, 6) is -1.65. The van der Waals surface area contributed by atoms with E-state index in [0.717, 1.165) is 10.9 Å². The van der Waals surface area contributed by atoms with Crippen molar-refractivity contribution in [3.63, 3.8) is 0 Å². The number of nitrogens with one attached hydrogen (secondary N) is 1. The van der Waals surface area contributed by atoms with Crippen molar-refractivity contribution in [3.8, 4) is 0 Å². The predicted octanol–water partition coefficient (Wildman–Crippen LogP) is 2.89. The van der Waals surface area contributed by atoms with Gasteiger partial charge in [-0.05, 0) is 25.1 Å². The normalized spacial score (nSPS) is 12.3. The number of ketones is 1. The Balaban J connectivity index is 1.51. The molecule has 0 saturated heterocycles. The SMILES string of the molecule is C[C@H](OC(=O)Cn1c(=O)oc2ccccc21)C(=O)c1c[nH]c2ccccc12. The monoisotopic (exact) mass is 364 g/mol. The molecule has 4 rings (SSSR count). The van der Waals surface area contributed by atoms with Crippen molar-refractivity contribution in [1.82, 2.24) is 9.55 Å². The Morgan fingerprint density at radius 1 is 1.15 bits per heavy atom. The highest BCUT2D eigenvalue weighted by atomic mass is 16.5. The number of fused-ring (bicyclic) bond motifs is 2. The fraction of sp³-hybridized carbons (Fsp3) is 0.150. The highest BCUT2D eigenvalue weighted by Gasteiger charge is 2.23. The number of hydrogen-bond donors (Lipinski definition) is 1. The van der Waals surface area contributed by atoms with Crippen LogP contribution in [0.4, 0.5) is 0 Å².